The highest BCUT2D eigenvalue weighted by molar-refractivity contribution is 7.71. The standard InChI is InChI=1S/C15H13N3O3S/c19-11(20)6-7-18-14(21)13-12(17-15(18)22)10(8-16-13)9-4-2-1-3-5-9/h1-5,8,16H,6-7H2,(H,17,22)(H,19,20). The van der Waals surface area contributed by atoms with Crippen LogP contribution in [0.3, 0.4) is 0 Å². The van der Waals surface area contributed by atoms with Crippen LogP contribution in [0.4, 0.5) is 0 Å². The Bertz CT molecular complexity index is 954. The normalized spacial score (nSPS) is 10.9. The molecule has 1 aromatic carbocycles. The predicted octanol–water partition coefficient (Wildman–Crippen LogP) is 2.53. The van der Waals surface area contributed by atoms with E-state index >= 15 is 0 Å². The van der Waals surface area contributed by atoms with Gasteiger partial charge in [-0.05, 0) is 17.8 Å². The van der Waals surface area contributed by atoms with E-state index in [1.807, 2.05) is 30.3 Å². The van der Waals surface area contributed by atoms with Crippen LogP contribution in [0.25, 0.3) is 22.2 Å². The maximum atomic E-state index is 12.5. The molecule has 0 saturated carbocycles. The van der Waals surface area contributed by atoms with Crippen molar-refractivity contribution in [1.82, 2.24) is 14.5 Å². The summed E-state index contributed by atoms with van der Waals surface area (Å²) in [4.78, 5) is 29.1. The molecule has 0 aliphatic heterocycles. The maximum absolute atomic E-state index is 12.5. The van der Waals surface area contributed by atoms with Gasteiger partial charge in [0.2, 0.25) is 0 Å². The molecule has 6 nitrogen and oxygen atoms in total. The van der Waals surface area contributed by atoms with Crippen LogP contribution >= 0.6 is 12.2 Å². The van der Waals surface area contributed by atoms with Gasteiger partial charge in [-0.2, -0.15) is 0 Å². The number of nitrogens with zero attached hydrogens (tertiary/aromatic N) is 1. The minimum atomic E-state index is -0.974. The van der Waals surface area contributed by atoms with E-state index in [4.69, 9.17) is 17.3 Å². The topological polar surface area (TPSA) is 90.9 Å². The van der Waals surface area contributed by atoms with Crippen molar-refractivity contribution in [3.8, 4) is 11.1 Å². The molecule has 0 aliphatic carbocycles. The van der Waals surface area contributed by atoms with Crippen molar-refractivity contribution in [2.75, 3.05) is 0 Å². The first kappa shape index (κ1) is 14.3. The average molecular weight is 315 g/mol. The summed E-state index contributed by atoms with van der Waals surface area (Å²) in [7, 11) is 0. The molecule has 0 aliphatic rings. The number of H-pyrrole nitrogens is 2. The summed E-state index contributed by atoms with van der Waals surface area (Å²) in [5, 5.41) is 8.76. The van der Waals surface area contributed by atoms with Gasteiger partial charge in [-0.15, -0.1) is 0 Å². The Morgan fingerprint density at radius 3 is 2.64 bits per heavy atom. The van der Waals surface area contributed by atoms with E-state index in [1.165, 1.54) is 4.57 Å². The fraction of sp³-hybridized carbons (Fsp3) is 0.133. The van der Waals surface area contributed by atoms with E-state index in [0.29, 0.717) is 11.0 Å². The highest BCUT2D eigenvalue weighted by Gasteiger charge is 2.12. The number of carboxylic acids is 1. The Labute approximate surface area is 130 Å². The molecule has 3 aromatic rings. The van der Waals surface area contributed by atoms with Gasteiger partial charge in [0.1, 0.15) is 5.52 Å². The Morgan fingerprint density at radius 2 is 1.95 bits per heavy atom. The zero-order chi connectivity index (χ0) is 15.7. The summed E-state index contributed by atoms with van der Waals surface area (Å²) >= 11 is 5.20. The van der Waals surface area contributed by atoms with E-state index < -0.39 is 5.97 Å². The predicted molar refractivity (Wildman–Crippen MR) is 85.4 cm³/mol. The number of benzene rings is 1. The van der Waals surface area contributed by atoms with E-state index in [2.05, 4.69) is 9.97 Å². The van der Waals surface area contributed by atoms with Gasteiger partial charge in [-0.3, -0.25) is 14.2 Å². The molecule has 7 heteroatoms. The lowest BCUT2D eigenvalue weighted by Gasteiger charge is -2.05. The van der Waals surface area contributed by atoms with Crippen LogP contribution in [0.15, 0.2) is 41.3 Å². The first-order valence-corrected chi connectivity index (χ1v) is 7.10. The Balaban J connectivity index is 2.17. The molecule has 0 amide bonds. The molecule has 0 fully saturated rings. The fourth-order valence-corrected chi connectivity index (χ4v) is 2.66. The highest BCUT2D eigenvalue weighted by atomic mass is 32.1. The number of hydrogen-bond acceptors (Lipinski definition) is 3. The number of carbonyl (C=O) groups is 1. The summed E-state index contributed by atoms with van der Waals surface area (Å²) in [6.45, 7) is 0.0408. The van der Waals surface area contributed by atoms with E-state index in [1.54, 1.807) is 6.20 Å². The second-order valence-electron chi connectivity index (χ2n) is 4.85. The van der Waals surface area contributed by atoms with Crippen LogP contribution in [-0.2, 0) is 11.3 Å². The molecular weight excluding hydrogens is 302 g/mol. The van der Waals surface area contributed by atoms with Crippen molar-refractivity contribution in [3.05, 3.63) is 51.7 Å². The molecular formula is C15H13N3O3S. The SMILES string of the molecule is O=C(O)CCn1c(=S)[nH]c2c(-c3ccccc3)c[nH]c2c1=O. The minimum absolute atomic E-state index is 0.0408. The second kappa shape index (κ2) is 5.61. The van der Waals surface area contributed by atoms with Crippen molar-refractivity contribution >= 4 is 29.2 Å². The molecule has 22 heavy (non-hydrogen) atoms. The van der Waals surface area contributed by atoms with Gasteiger partial charge in [0.15, 0.2) is 4.77 Å². The molecule has 2 heterocycles. The summed E-state index contributed by atoms with van der Waals surface area (Å²) in [5.41, 5.74) is 2.51. The Kier molecular flexibility index (Phi) is 3.64. The van der Waals surface area contributed by atoms with Gasteiger partial charge in [0.05, 0.1) is 11.9 Å². The molecule has 112 valence electrons. The smallest absolute Gasteiger partial charge is 0.305 e. The zero-order valence-corrected chi connectivity index (χ0v) is 12.3. The molecule has 3 N–H and O–H groups in total. The Morgan fingerprint density at radius 1 is 1.23 bits per heavy atom. The summed E-state index contributed by atoms with van der Waals surface area (Å²) in [6.07, 6.45) is 1.59. The molecule has 0 unspecified atom stereocenters. The number of aromatic nitrogens is 3. The monoisotopic (exact) mass is 315 g/mol. The lowest BCUT2D eigenvalue weighted by atomic mass is 10.1. The van der Waals surface area contributed by atoms with Gasteiger partial charge in [0, 0.05) is 18.3 Å². The van der Waals surface area contributed by atoms with Gasteiger partial charge in [-0.1, -0.05) is 30.3 Å². The third-order valence-corrected chi connectivity index (χ3v) is 3.77. The van der Waals surface area contributed by atoms with Crippen molar-refractivity contribution in [2.24, 2.45) is 0 Å². The molecule has 0 spiro atoms. The lowest BCUT2D eigenvalue weighted by molar-refractivity contribution is -0.137. The van der Waals surface area contributed by atoms with Crippen molar-refractivity contribution in [1.29, 1.82) is 0 Å². The zero-order valence-electron chi connectivity index (χ0n) is 11.5. The number of aromatic amines is 2. The largest absolute Gasteiger partial charge is 0.481 e. The third-order valence-electron chi connectivity index (χ3n) is 3.45. The minimum Gasteiger partial charge on any atom is -0.481 e. The van der Waals surface area contributed by atoms with Crippen LogP contribution in [-0.4, -0.2) is 25.6 Å². The number of carboxylic acid groups (broad SMARTS) is 1. The van der Waals surface area contributed by atoms with Crippen molar-refractivity contribution in [3.63, 3.8) is 0 Å². The molecule has 2 aromatic heterocycles. The number of fused-ring (bicyclic) bond motifs is 1. The summed E-state index contributed by atoms with van der Waals surface area (Å²) in [6, 6.07) is 9.62. The van der Waals surface area contributed by atoms with Crippen LogP contribution in [0.1, 0.15) is 6.42 Å². The van der Waals surface area contributed by atoms with Crippen LogP contribution < -0.4 is 5.56 Å². The third kappa shape index (κ3) is 2.46. The van der Waals surface area contributed by atoms with Gasteiger partial charge >= 0.3 is 5.97 Å². The van der Waals surface area contributed by atoms with Crippen LogP contribution in [0, 0.1) is 4.77 Å². The summed E-state index contributed by atoms with van der Waals surface area (Å²) in [5.74, 6) is -0.974. The summed E-state index contributed by atoms with van der Waals surface area (Å²) < 4.78 is 1.48. The number of rotatable bonds is 4. The number of hydrogen-bond donors (Lipinski definition) is 3. The first-order valence-electron chi connectivity index (χ1n) is 6.69. The molecule has 0 bridgehead atoms. The number of nitrogens with one attached hydrogen (secondary N) is 2. The first-order chi connectivity index (χ1) is 10.6. The lowest BCUT2D eigenvalue weighted by Crippen LogP contribution is -2.23. The fourth-order valence-electron chi connectivity index (χ4n) is 2.38. The van der Waals surface area contributed by atoms with Gasteiger partial charge in [-0.25, -0.2) is 0 Å². The van der Waals surface area contributed by atoms with Crippen LogP contribution in [0.5, 0.6) is 0 Å². The maximum Gasteiger partial charge on any atom is 0.305 e. The van der Waals surface area contributed by atoms with E-state index in [9.17, 15) is 9.59 Å². The van der Waals surface area contributed by atoms with Crippen LogP contribution in [0.2, 0.25) is 0 Å². The number of aliphatic carboxylic acids is 1. The molecule has 0 atom stereocenters. The van der Waals surface area contributed by atoms with E-state index in [-0.39, 0.29) is 23.3 Å². The van der Waals surface area contributed by atoms with Gasteiger partial charge < -0.3 is 15.1 Å². The average Bonchev–Trinajstić information content (AvgIpc) is 2.91. The van der Waals surface area contributed by atoms with Crippen molar-refractivity contribution in [2.45, 2.75) is 13.0 Å². The Hall–Kier alpha value is -2.67. The molecule has 0 radical (unpaired) electrons. The van der Waals surface area contributed by atoms with Crippen molar-refractivity contribution < 1.29 is 9.90 Å². The molecule has 0 saturated heterocycles. The quantitative estimate of drug-likeness (QED) is 0.645. The second-order valence-corrected chi connectivity index (χ2v) is 5.24. The van der Waals surface area contributed by atoms with E-state index in [0.717, 1.165) is 11.1 Å². The highest BCUT2D eigenvalue weighted by Crippen LogP contribution is 2.25. The molecule has 3 rings (SSSR count). The van der Waals surface area contributed by atoms with Gasteiger partial charge in [0.25, 0.3) is 5.56 Å².